The molecule has 31 heavy (non-hydrogen) atoms. The Balaban J connectivity index is 1.76. The summed E-state index contributed by atoms with van der Waals surface area (Å²) in [7, 11) is -2.28. The van der Waals surface area contributed by atoms with E-state index in [9.17, 15) is 13.2 Å². The zero-order valence-electron chi connectivity index (χ0n) is 17.0. The number of sulfonamides is 1. The molecule has 0 aromatic heterocycles. The maximum atomic E-state index is 12.8. The zero-order chi connectivity index (χ0) is 22.3. The van der Waals surface area contributed by atoms with Crippen LogP contribution in [0.15, 0.2) is 53.6 Å². The molecule has 9 heteroatoms. The molecule has 162 valence electrons. The quantitative estimate of drug-likeness (QED) is 0.405. The lowest BCUT2D eigenvalue weighted by Crippen LogP contribution is -2.48. The summed E-state index contributed by atoms with van der Waals surface area (Å²) in [6.07, 6.45) is 2.36. The molecule has 1 unspecified atom stereocenters. The molecule has 2 aromatic carbocycles. The Bertz CT molecular complexity index is 1120. The summed E-state index contributed by atoms with van der Waals surface area (Å²) in [5, 5.41) is 12.8. The average Bonchev–Trinajstić information content (AvgIpc) is 2.81. The lowest BCUT2D eigenvalue weighted by molar-refractivity contribution is -0.133. The minimum absolute atomic E-state index is 0.204. The van der Waals surface area contributed by atoms with E-state index < -0.39 is 22.0 Å². The predicted molar refractivity (Wildman–Crippen MR) is 116 cm³/mol. The molecule has 1 amide bonds. The molecule has 1 aliphatic rings. The van der Waals surface area contributed by atoms with E-state index in [4.69, 9.17) is 9.94 Å². The van der Waals surface area contributed by atoms with Crippen LogP contribution < -0.4 is 10.2 Å². The number of carbonyl (C=O) groups excluding carboxylic acids is 1. The van der Waals surface area contributed by atoms with Crippen LogP contribution in [-0.2, 0) is 21.2 Å². The lowest BCUT2D eigenvalue weighted by atomic mass is 10.1. The Hall–Kier alpha value is -3.35. The number of rotatable bonds is 6. The number of nitrogens with zero attached hydrogens (tertiary/aromatic N) is 2. The highest BCUT2D eigenvalue weighted by Gasteiger charge is 2.35. The summed E-state index contributed by atoms with van der Waals surface area (Å²) in [4.78, 5) is 11.8. The summed E-state index contributed by atoms with van der Waals surface area (Å²) in [5.41, 5.74) is 3.82. The first-order valence-corrected chi connectivity index (χ1v) is 11.3. The Morgan fingerprint density at radius 3 is 2.68 bits per heavy atom. The first-order chi connectivity index (χ1) is 14.9. The lowest BCUT2D eigenvalue weighted by Gasteiger charge is -2.29. The Morgan fingerprint density at radius 2 is 1.97 bits per heavy atom. The molecule has 0 radical (unpaired) electrons. The van der Waals surface area contributed by atoms with Gasteiger partial charge in [0.2, 0.25) is 0 Å². The number of aryl methyl sites for hydroxylation is 1. The Morgan fingerprint density at radius 1 is 1.23 bits per heavy atom. The van der Waals surface area contributed by atoms with E-state index in [2.05, 4.69) is 16.9 Å². The molecule has 2 N–H and O–H groups in total. The minimum Gasteiger partial charge on any atom is -0.497 e. The maximum absolute atomic E-state index is 12.8. The van der Waals surface area contributed by atoms with Gasteiger partial charge in [-0.2, -0.15) is 9.52 Å². The summed E-state index contributed by atoms with van der Waals surface area (Å²) in [6, 6.07) is 13.6. The normalized spacial score (nSPS) is 15.7. The van der Waals surface area contributed by atoms with Gasteiger partial charge in [-0.25, -0.2) is 13.9 Å². The number of carbonyl (C=O) groups is 1. The first-order valence-electron chi connectivity index (χ1n) is 9.67. The number of amides is 1. The van der Waals surface area contributed by atoms with Crippen LogP contribution in [0.4, 0.5) is 0 Å². The van der Waals surface area contributed by atoms with E-state index in [0.717, 1.165) is 26.9 Å². The van der Waals surface area contributed by atoms with E-state index in [1.165, 1.54) is 11.7 Å². The van der Waals surface area contributed by atoms with Crippen LogP contribution in [0.1, 0.15) is 29.5 Å². The van der Waals surface area contributed by atoms with Crippen molar-refractivity contribution in [2.45, 2.75) is 25.3 Å². The number of ether oxygens (including phenoxy) is 1. The van der Waals surface area contributed by atoms with Crippen molar-refractivity contribution in [3.8, 4) is 17.6 Å². The molecular formula is C22H23N3O5S. The third-order valence-electron chi connectivity index (χ3n) is 4.81. The van der Waals surface area contributed by atoms with Crippen molar-refractivity contribution in [3.63, 3.8) is 0 Å². The summed E-state index contributed by atoms with van der Waals surface area (Å²) < 4.78 is 31.6. The van der Waals surface area contributed by atoms with Crippen molar-refractivity contribution in [1.29, 1.82) is 0 Å². The van der Waals surface area contributed by atoms with Gasteiger partial charge in [-0.3, -0.25) is 10.0 Å². The number of hydrazone groups is 1. The largest absolute Gasteiger partial charge is 0.497 e. The molecule has 1 atom stereocenters. The van der Waals surface area contributed by atoms with Crippen LogP contribution in [0.3, 0.4) is 0 Å². The topological polar surface area (TPSA) is 108 Å². The third kappa shape index (κ3) is 5.63. The maximum Gasteiger partial charge on any atom is 0.269 e. The van der Waals surface area contributed by atoms with E-state index in [1.54, 1.807) is 7.11 Å². The fraction of sp³-hybridized carbons (Fsp3) is 0.273. The molecule has 8 nitrogen and oxygen atoms in total. The average molecular weight is 442 g/mol. The number of benzene rings is 2. The van der Waals surface area contributed by atoms with Crippen molar-refractivity contribution in [1.82, 2.24) is 9.89 Å². The fourth-order valence-corrected chi connectivity index (χ4v) is 4.60. The van der Waals surface area contributed by atoms with E-state index >= 15 is 0 Å². The third-order valence-corrected chi connectivity index (χ3v) is 6.45. The molecule has 0 bridgehead atoms. The van der Waals surface area contributed by atoms with Crippen LogP contribution in [0.5, 0.6) is 5.75 Å². The second-order valence-electron chi connectivity index (χ2n) is 6.84. The molecule has 0 fully saturated rings. The standard InChI is InChI=1S/C22H23N3O5S/c1-30-20-12-9-17(10-13-20)8-11-18-5-2-3-6-19(18)14-16-31(28,29)25-21(22(26)24-27)7-4-15-23-25/h2-3,5-6,9-10,12-13,15,21,27H,4,7,14,16H2,1H3,(H,24,26). The van der Waals surface area contributed by atoms with E-state index in [-0.39, 0.29) is 18.6 Å². The van der Waals surface area contributed by atoms with Gasteiger partial charge in [0.05, 0.1) is 12.9 Å². The van der Waals surface area contributed by atoms with Gasteiger partial charge in [0.1, 0.15) is 11.8 Å². The minimum atomic E-state index is -3.88. The SMILES string of the molecule is COc1ccc(C#Cc2ccccc2CCS(=O)(=O)N2N=CCCC2C(=O)NO)cc1. The second kappa shape index (κ2) is 10.1. The zero-order valence-corrected chi connectivity index (χ0v) is 17.8. The molecule has 0 spiro atoms. The highest BCUT2D eigenvalue weighted by Crippen LogP contribution is 2.19. The molecule has 0 aliphatic carbocycles. The summed E-state index contributed by atoms with van der Waals surface area (Å²) in [6.45, 7) is 0. The van der Waals surface area contributed by atoms with Crippen molar-refractivity contribution in [2.24, 2.45) is 5.10 Å². The molecule has 3 rings (SSSR count). The van der Waals surface area contributed by atoms with Gasteiger partial charge in [-0.05, 0) is 55.2 Å². The number of hydrogen-bond donors (Lipinski definition) is 2. The molecule has 0 saturated carbocycles. The monoisotopic (exact) mass is 441 g/mol. The molecule has 2 aromatic rings. The smallest absolute Gasteiger partial charge is 0.269 e. The van der Waals surface area contributed by atoms with Gasteiger partial charge in [0, 0.05) is 17.3 Å². The highest BCUT2D eigenvalue weighted by molar-refractivity contribution is 7.89. The molecule has 1 aliphatic heterocycles. The van der Waals surface area contributed by atoms with E-state index in [0.29, 0.717) is 6.42 Å². The Kier molecular flexibility index (Phi) is 7.28. The summed E-state index contributed by atoms with van der Waals surface area (Å²) in [5.74, 6) is 5.86. The van der Waals surface area contributed by atoms with Crippen molar-refractivity contribution >= 4 is 22.1 Å². The summed E-state index contributed by atoms with van der Waals surface area (Å²) >= 11 is 0. The van der Waals surface area contributed by atoms with E-state index in [1.807, 2.05) is 48.5 Å². The predicted octanol–water partition coefficient (Wildman–Crippen LogP) is 1.92. The van der Waals surface area contributed by atoms with Gasteiger partial charge >= 0.3 is 0 Å². The number of methoxy groups -OCH3 is 1. The molecule has 0 saturated heterocycles. The van der Waals surface area contributed by atoms with Crippen molar-refractivity contribution in [3.05, 3.63) is 65.2 Å². The molecular weight excluding hydrogens is 418 g/mol. The van der Waals surface area contributed by atoms with Crippen LogP contribution in [0.25, 0.3) is 0 Å². The van der Waals surface area contributed by atoms with Crippen LogP contribution in [0, 0.1) is 11.8 Å². The fourth-order valence-electron chi connectivity index (χ4n) is 3.14. The number of nitrogens with one attached hydrogen (secondary N) is 1. The van der Waals surface area contributed by atoms with Crippen molar-refractivity contribution < 1.29 is 23.2 Å². The van der Waals surface area contributed by atoms with Gasteiger partial charge in [0.25, 0.3) is 15.9 Å². The highest BCUT2D eigenvalue weighted by atomic mass is 32.2. The van der Waals surface area contributed by atoms with Crippen molar-refractivity contribution in [2.75, 3.05) is 12.9 Å². The van der Waals surface area contributed by atoms with Gasteiger partial charge in [-0.15, -0.1) is 0 Å². The van der Waals surface area contributed by atoms with Gasteiger partial charge in [-0.1, -0.05) is 30.0 Å². The molecule has 1 heterocycles. The number of hydroxylamine groups is 1. The van der Waals surface area contributed by atoms with Crippen LogP contribution in [-0.4, -0.2) is 49.1 Å². The van der Waals surface area contributed by atoms with Crippen LogP contribution in [0.2, 0.25) is 0 Å². The van der Waals surface area contributed by atoms with Crippen LogP contribution >= 0.6 is 0 Å². The second-order valence-corrected chi connectivity index (χ2v) is 8.79. The Labute approximate surface area is 181 Å². The number of hydrogen-bond acceptors (Lipinski definition) is 6. The van der Waals surface area contributed by atoms with Gasteiger partial charge in [0.15, 0.2) is 0 Å². The first kappa shape index (κ1) is 22.3. The van der Waals surface area contributed by atoms with Gasteiger partial charge < -0.3 is 4.74 Å².